The second kappa shape index (κ2) is 4.93. The first-order valence-corrected chi connectivity index (χ1v) is 6.88. The first kappa shape index (κ1) is 12.0. The van der Waals surface area contributed by atoms with Crippen LogP contribution >= 0.6 is 11.8 Å². The summed E-state index contributed by atoms with van der Waals surface area (Å²) in [5.74, 6) is 0.419. The summed E-state index contributed by atoms with van der Waals surface area (Å²) < 4.78 is 5.49. The van der Waals surface area contributed by atoms with Gasteiger partial charge in [0.2, 0.25) is 11.7 Å². The van der Waals surface area contributed by atoms with Gasteiger partial charge in [0.1, 0.15) is 5.58 Å². The molecule has 0 aliphatic carbocycles. The van der Waals surface area contributed by atoms with E-state index in [1.165, 1.54) is 16.7 Å². The van der Waals surface area contributed by atoms with Crippen molar-refractivity contribution in [2.45, 2.75) is 0 Å². The number of hydrogen-bond acceptors (Lipinski definition) is 4. The summed E-state index contributed by atoms with van der Waals surface area (Å²) >= 11 is 1.43. The normalized spacial score (nSPS) is 15.2. The van der Waals surface area contributed by atoms with Crippen molar-refractivity contribution in [3.63, 3.8) is 0 Å². The van der Waals surface area contributed by atoms with Crippen LogP contribution in [0, 0.1) is 0 Å². The van der Waals surface area contributed by atoms with Crippen molar-refractivity contribution in [1.82, 2.24) is 4.90 Å². The number of carbonyl (C=O) groups excluding carboxylic acids is 2. The molecule has 0 bridgehead atoms. The molecular formula is C14H11NO3S. The first-order valence-electron chi connectivity index (χ1n) is 5.83. The average molecular weight is 273 g/mol. The number of amides is 1. The second-order valence-corrected chi connectivity index (χ2v) is 5.08. The number of fused-ring (bicyclic) bond motifs is 1. The third-order valence-corrected chi connectivity index (χ3v) is 3.61. The molecule has 0 atom stereocenters. The van der Waals surface area contributed by atoms with Gasteiger partial charge >= 0.3 is 0 Å². The van der Waals surface area contributed by atoms with Crippen molar-refractivity contribution in [2.75, 3.05) is 12.3 Å². The van der Waals surface area contributed by atoms with Gasteiger partial charge in [0.25, 0.3) is 0 Å². The summed E-state index contributed by atoms with van der Waals surface area (Å²) in [6.45, 7) is 0.0235. The van der Waals surface area contributed by atoms with E-state index in [1.807, 2.05) is 29.7 Å². The molecule has 1 amide bonds. The van der Waals surface area contributed by atoms with E-state index in [0.717, 1.165) is 5.39 Å². The molecule has 2 aromatic rings. The molecule has 0 saturated heterocycles. The maximum absolute atomic E-state index is 12.1. The van der Waals surface area contributed by atoms with Crippen LogP contribution in [0.1, 0.15) is 10.6 Å². The minimum atomic E-state index is -0.193. The van der Waals surface area contributed by atoms with Crippen molar-refractivity contribution in [1.29, 1.82) is 0 Å². The number of carbonyl (C=O) groups is 2. The molecule has 0 saturated carbocycles. The third-order valence-electron chi connectivity index (χ3n) is 2.88. The highest BCUT2D eigenvalue weighted by atomic mass is 32.2. The van der Waals surface area contributed by atoms with E-state index in [4.69, 9.17) is 4.42 Å². The number of benzene rings is 1. The second-order valence-electron chi connectivity index (χ2n) is 4.19. The van der Waals surface area contributed by atoms with Crippen LogP contribution < -0.4 is 0 Å². The van der Waals surface area contributed by atoms with Gasteiger partial charge in [0.15, 0.2) is 5.76 Å². The Morgan fingerprint density at radius 1 is 1.37 bits per heavy atom. The van der Waals surface area contributed by atoms with Crippen LogP contribution in [0.25, 0.3) is 11.0 Å². The molecule has 96 valence electrons. The van der Waals surface area contributed by atoms with Crippen molar-refractivity contribution in [3.8, 4) is 0 Å². The highest BCUT2D eigenvalue weighted by Crippen LogP contribution is 2.20. The lowest BCUT2D eigenvalue weighted by molar-refractivity contribution is -0.125. The number of ketones is 1. The zero-order chi connectivity index (χ0) is 13.2. The van der Waals surface area contributed by atoms with Crippen LogP contribution in [0.4, 0.5) is 0 Å². The molecule has 1 aliphatic rings. The molecule has 0 N–H and O–H groups in total. The Bertz CT molecular complexity index is 641. The maximum atomic E-state index is 12.1. The summed E-state index contributed by atoms with van der Waals surface area (Å²) in [6, 6.07) is 9.16. The lowest BCUT2D eigenvalue weighted by Gasteiger charge is -2.19. The van der Waals surface area contributed by atoms with E-state index < -0.39 is 0 Å². The minimum Gasteiger partial charge on any atom is -0.453 e. The van der Waals surface area contributed by atoms with Crippen LogP contribution in [0.2, 0.25) is 0 Å². The van der Waals surface area contributed by atoms with E-state index in [-0.39, 0.29) is 18.2 Å². The van der Waals surface area contributed by atoms with Gasteiger partial charge in [-0.25, -0.2) is 0 Å². The van der Waals surface area contributed by atoms with Crippen molar-refractivity contribution in [2.24, 2.45) is 0 Å². The van der Waals surface area contributed by atoms with Crippen molar-refractivity contribution in [3.05, 3.63) is 47.7 Å². The Hall–Kier alpha value is -2.01. The van der Waals surface area contributed by atoms with Gasteiger partial charge in [-0.15, -0.1) is 11.8 Å². The molecule has 4 nitrogen and oxygen atoms in total. The van der Waals surface area contributed by atoms with E-state index in [9.17, 15) is 9.59 Å². The summed E-state index contributed by atoms with van der Waals surface area (Å²) in [4.78, 5) is 25.1. The SMILES string of the molecule is O=C(CN1C=CSCC1=O)c1cc2ccccc2o1. The Morgan fingerprint density at radius 2 is 2.21 bits per heavy atom. The monoisotopic (exact) mass is 273 g/mol. The molecule has 19 heavy (non-hydrogen) atoms. The predicted octanol–water partition coefficient (Wildman–Crippen LogP) is 2.66. The van der Waals surface area contributed by atoms with Gasteiger partial charge in [0, 0.05) is 11.6 Å². The zero-order valence-electron chi connectivity index (χ0n) is 10.0. The molecule has 1 aromatic heterocycles. The fourth-order valence-electron chi connectivity index (χ4n) is 1.89. The van der Waals surface area contributed by atoms with Gasteiger partial charge < -0.3 is 9.32 Å². The van der Waals surface area contributed by atoms with Gasteiger partial charge in [-0.05, 0) is 17.5 Å². The van der Waals surface area contributed by atoms with Crippen LogP contribution in [-0.4, -0.2) is 28.9 Å². The lowest BCUT2D eigenvalue weighted by Crippen LogP contribution is -2.33. The zero-order valence-corrected chi connectivity index (χ0v) is 10.9. The van der Waals surface area contributed by atoms with Crippen molar-refractivity contribution >= 4 is 34.4 Å². The largest absolute Gasteiger partial charge is 0.453 e. The Kier molecular flexibility index (Phi) is 3.13. The molecule has 0 radical (unpaired) electrons. The molecule has 0 fully saturated rings. The summed E-state index contributed by atoms with van der Waals surface area (Å²) in [5.41, 5.74) is 0.682. The van der Waals surface area contributed by atoms with E-state index in [1.54, 1.807) is 12.3 Å². The first-order chi connectivity index (χ1) is 9.24. The van der Waals surface area contributed by atoms with Gasteiger partial charge in [0.05, 0.1) is 12.3 Å². The van der Waals surface area contributed by atoms with Crippen LogP contribution in [0.3, 0.4) is 0 Å². The highest BCUT2D eigenvalue weighted by Gasteiger charge is 2.20. The quantitative estimate of drug-likeness (QED) is 0.807. The van der Waals surface area contributed by atoms with Gasteiger partial charge in [-0.1, -0.05) is 18.2 Å². The Labute approximate surface area is 114 Å². The summed E-state index contributed by atoms with van der Waals surface area (Å²) in [6.07, 6.45) is 1.64. The molecule has 5 heteroatoms. The highest BCUT2D eigenvalue weighted by molar-refractivity contribution is 8.02. The third kappa shape index (κ3) is 2.42. The van der Waals surface area contributed by atoms with Crippen LogP contribution in [0.15, 0.2) is 46.4 Å². The molecule has 0 unspecified atom stereocenters. The fraction of sp³-hybridized carbons (Fsp3) is 0.143. The summed E-state index contributed by atoms with van der Waals surface area (Å²) in [7, 11) is 0. The number of furan rings is 1. The Balaban J connectivity index is 1.81. The standard InChI is InChI=1S/C14H11NO3S/c16-11(8-15-5-6-19-9-14(15)17)13-7-10-3-1-2-4-12(10)18-13/h1-7H,8-9H2. The fourth-order valence-corrected chi connectivity index (χ4v) is 2.53. The van der Waals surface area contributed by atoms with Gasteiger partial charge in [-0.3, -0.25) is 9.59 Å². The predicted molar refractivity (Wildman–Crippen MR) is 73.9 cm³/mol. The smallest absolute Gasteiger partial charge is 0.237 e. The molecule has 2 heterocycles. The maximum Gasteiger partial charge on any atom is 0.237 e. The number of nitrogens with zero attached hydrogens (tertiary/aromatic N) is 1. The number of hydrogen-bond donors (Lipinski definition) is 0. The number of thioether (sulfide) groups is 1. The van der Waals surface area contributed by atoms with Crippen LogP contribution in [-0.2, 0) is 4.79 Å². The average Bonchev–Trinajstić information content (AvgIpc) is 2.85. The molecule has 0 spiro atoms. The van der Waals surface area contributed by atoms with E-state index in [2.05, 4.69) is 0 Å². The topological polar surface area (TPSA) is 50.5 Å². The summed E-state index contributed by atoms with van der Waals surface area (Å²) in [5, 5.41) is 2.70. The van der Waals surface area contributed by atoms with E-state index >= 15 is 0 Å². The number of para-hydroxylation sites is 1. The minimum absolute atomic E-state index is 0.0235. The number of Topliss-reactive ketones (excluding diaryl/α,β-unsaturated/α-hetero) is 1. The molecule has 3 rings (SSSR count). The molecule has 1 aromatic carbocycles. The Morgan fingerprint density at radius 3 is 3.00 bits per heavy atom. The van der Waals surface area contributed by atoms with E-state index in [0.29, 0.717) is 17.1 Å². The van der Waals surface area contributed by atoms with Gasteiger partial charge in [-0.2, -0.15) is 0 Å². The van der Waals surface area contributed by atoms with Crippen LogP contribution in [0.5, 0.6) is 0 Å². The molecule has 1 aliphatic heterocycles. The van der Waals surface area contributed by atoms with Crippen molar-refractivity contribution < 1.29 is 14.0 Å². The lowest BCUT2D eigenvalue weighted by atomic mass is 10.2. The number of rotatable bonds is 3. The molecular weight excluding hydrogens is 262 g/mol.